The summed E-state index contributed by atoms with van der Waals surface area (Å²) >= 11 is 0. The molecule has 0 radical (unpaired) electrons. The highest BCUT2D eigenvalue weighted by Gasteiger charge is 2.11. The number of rotatable bonds is 5. The number of hydrogen-bond donors (Lipinski definition) is 3. The smallest absolute Gasteiger partial charge is 0.315 e. The van der Waals surface area contributed by atoms with Crippen molar-refractivity contribution >= 4 is 6.03 Å². The molecule has 4 heteroatoms. The third kappa shape index (κ3) is 5.37. The molecule has 0 aromatic heterocycles. The van der Waals surface area contributed by atoms with Gasteiger partial charge in [0.15, 0.2) is 0 Å². The first kappa shape index (κ1) is 14.1. The van der Waals surface area contributed by atoms with E-state index in [1.54, 1.807) is 6.92 Å². The fourth-order valence-electron chi connectivity index (χ4n) is 1.51. The minimum absolute atomic E-state index is 0.0955. The maximum Gasteiger partial charge on any atom is 0.315 e. The summed E-state index contributed by atoms with van der Waals surface area (Å²) in [5.41, 5.74) is 1.07. The molecule has 0 saturated heterocycles. The van der Waals surface area contributed by atoms with Gasteiger partial charge < -0.3 is 15.7 Å². The molecule has 4 nitrogen and oxygen atoms in total. The van der Waals surface area contributed by atoms with Crippen molar-refractivity contribution in [2.75, 3.05) is 13.2 Å². The molecule has 1 rings (SSSR count). The van der Waals surface area contributed by atoms with Crippen molar-refractivity contribution in [2.45, 2.75) is 19.4 Å². The van der Waals surface area contributed by atoms with E-state index in [1.807, 2.05) is 30.3 Å². The summed E-state index contributed by atoms with van der Waals surface area (Å²) in [6, 6.07) is 9.12. The second kappa shape index (κ2) is 8.15. The molecule has 1 aromatic carbocycles. The Labute approximate surface area is 107 Å². The monoisotopic (exact) mass is 246 g/mol. The Morgan fingerprint density at radius 2 is 2.11 bits per heavy atom. The molecule has 0 fully saturated rings. The second-order valence-corrected chi connectivity index (χ2v) is 3.82. The van der Waals surface area contributed by atoms with Gasteiger partial charge in [-0.1, -0.05) is 36.3 Å². The summed E-state index contributed by atoms with van der Waals surface area (Å²) in [6.07, 6.45) is 0.601. The van der Waals surface area contributed by atoms with Gasteiger partial charge in [0.2, 0.25) is 0 Å². The van der Waals surface area contributed by atoms with Crippen LogP contribution in [0.2, 0.25) is 0 Å². The van der Waals surface area contributed by atoms with Gasteiger partial charge in [-0.05, 0) is 18.9 Å². The van der Waals surface area contributed by atoms with Gasteiger partial charge in [-0.25, -0.2) is 4.79 Å². The van der Waals surface area contributed by atoms with Gasteiger partial charge in [-0.15, -0.1) is 5.92 Å². The zero-order valence-corrected chi connectivity index (χ0v) is 10.4. The Hall–Kier alpha value is -1.99. The molecule has 0 spiro atoms. The molecule has 18 heavy (non-hydrogen) atoms. The molecule has 0 aliphatic rings. The normalized spacial score (nSPS) is 11.0. The summed E-state index contributed by atoms with van der Waals surface area (Å²) < 4.78 is 0. The van der Waals surface area contributed by atoms with Crippen molar-refractivity contribution in [3.05, 3.63) is 35.9 Å². The summed E-state index contributed by atoms with van der Waals surface area (Å²) in [7, 11) is 0. The number of benzene rings is 1. The molecule has 3 N–H and O–H groups in total. The van der Waals surface area contributed by atoms with Gasteiger partial charge in [0.1, 0.15) is 0 Å². The Kier molecular flexibility index (Phi) is 6.37. The second-order valence-electron chi connectivity index (χ2n) is 3.82. The largest absolute Gasteiger partial charge is 0.394 e. The molecule has 0 saturated carbocycles. The van der Waals surface area contributed by atoms with Crippen molar-refractivity contribution < 1.29 is 9.90 Å². The lowest BCUT2D eigenvalue weighted by atomic mass is 10.1. The van der Waals surface area contributed by atoms with Crippen LogP contribution in [0.1, 0.15) is 12.5 Å². The average Bonchev–Trinajstić information content (AvgIpc) is 2.39. The fourth-order valence-corrected chi connectivity index (χ4v) is 1.51. The van der Waals surface area contributed by atoms with E-state index in [9.17, 15) is 9.90 Å². The highest BCUT2D eigenvalue weighted by Crippen LogP contribution is 2.02. The number of aliphatic hydroxyl groups is 1. The van der Waals surface area contributed by atoms with E-state index in [2.05, 4.69) is 22.5 Å². The topological polar surface area (TPSA) is 61.4 Å². The quantitative estimate of drug-likeness (QED) is 0.676. The van der Waals surface area contributed by atoms with Crippen LogP contribution in [-0.2, 0) is 6.42 Å². The Bertz CT molecular complexity index is 420. The molecule has 2 amide bonds. The minimum Gasteiger partial charge on any atom is -0.394 e. The Balaban J connectivity index is 2.41. The predicted molar refractivity (Wildman–Crippen MR) is 71.0 cm³/mol. The Morgan fingerprint density at radius 3 is 2.72 bits per heavy atom. The lowest BCUT2D eigenvalue weighted by Gasteiger charge is -2.16. The highest BCUT2D eigenvalue weighted by atomic mass is 16.3. The van der Waals surface area contributed by atoms with E-state index in [1.165, 1.54) is 0 Å². The van der Waals surface area contributed by atoms with Crippen LogP contribution < -0.4 is 10.6 Å². The molecule has 1 aromatic rings. The fraction of sp³-hybridized carbons (Fsp3) is 0.357. The molecule has 0 heterocycles. The van der Waals surface area contributed by atoms with Crippen LogP contribution in [0.4, 0.5) is 4.79 Å². The average molecular weight is 246 g/mol. The van der Waals surface area contributed by atoms with Gasteiger partial charge in [-0.2, -0.15) is 0 Å². The highest BCUT2D eigenvalue weighted by molar-refractivity contribution is 5.74. The molecule has 0 aliphatic heterocycles. The zero-order valence-electron chi connectivity index (χ0n) is 10.4. The number of amides is 2. The third-order valence-corrected chi connectivity index (χ3v) is 2.39. The van der Waals surface area contributed by atoms with Gasteiger partial charge in [0, 0.05) is 0 Å². The number of nitrogens with one attached hydrogen (secondary N) is 2. The standard InChI is InChI=1S/C14H18N2O2/c1-2-3-9-15-14(18)16-13(11-17)10-12-7-5-4-6-8-12/h4-8,13,17H,9-11H2,1H3,(H2,15,16,18). The van der Waals surface area contributed by atoms with Crippen molar-refractivity contribution in [1.82, 2.24) is 10.6 Å². The van der Waals surface area contributed by atoms with E-state index < -0.39 is 0 Å². The molecular weight excluding hydrogens is 228 g/mol. The van der Waals surface area contributed by atoms with Crippen molar-refractivity contribution in [1.29, 1.82) is 0 Å². The third-order valence-electron chi connectivity index (χ3n) is 2.39. The molecular formula is C14H18N2O2. The SMILES string of the molecule is CC#CCNC(=O)NC(CO)Cc1ccccc1. The van der Waals surface area contributed by atoms with E-state index in [0.29, 0.717) is 13.0 Å². The molecule has 1 unspecified atom stereocenters. The molecule has 96 valence electrons. The van der Waals surface area contributed by atoms with E-state index in [4.69, 9.17) is 0 Å². The molecule has 0 bridgehead atoms. The van der Waals surface area contributed by atoms with Crippen LogP contribution in [-0.4, -0.2) is 30.3 Å². The maximum atomic E-state index is 11.5. The molecule has 1 atom stereocenters. The van der Waals surface area contributed by atoms with Crippen molar-refractivity contribution in [2.24, 2.45) is 0 Å². The van der Waals surface area contributed by atoms with E-state index in [-0.39, 0.29) is 18.7 Å². The van der Waals surface area contributed by atoms with Gasteiger partial charge >= 0.3 is 6.03 Å². The first-order valence-corrected chi connectivity index (χ1v) is 5.85. The number of carbonyl (C=O) groups excluding carboxylic acids is 1. The summed E-state index contributed by atoms with van der Waals surface area (Å²) in [6.45, 7) is 1.93. The number of urea groups is 1. The predicted octanol–water partition coefficient (Wildman–Crippen LogP) is 0.912. The van der Waals surface area contributed by atoms with Crippen LogP contribution in [0.3, 0.4) is 0 Å². The minimum atomic E-state index is -0.312. The summed E-state index contributed by atoms with van der Waals surface area (Å²) in [4.78, 5) is 11.5. The van der Waals surface area contributed by atoms with Crippen LogP contribution >= 0.6 is 0 Å². The lowest BCUT2D eigenvalue weighted by molar-refractivity contribution is 0.216. The van der Waals surface area contributed by atoms with Gasteiger partial charge in [0.25, 0.3) is 0 Å². The van der Waals surface area contributed by atoms with Crippen molar-refractivity contribution in [3.8, 4) is 11.8 Å². The summed E-state index contributed by atoms with van der Waals surface area (Å²) in [5.74, 6) is 5.42. The first-order chi connectivity index (χ1) is 8.76. The van der Waals surface area contributed by atoms with Gasteiger partial charge in [0.05, 0.1) is 19.2 Å². The van der Waals surface area contributed by atoms with Crippen LogP contribution in [0.25, 0.3) is 0 Å². The van der Waals surface area contributed by atoms with Crippen LogP contribution in [0, 0.1) is 11.8 Å². The van der Waals surface area contributed by atoms with Gasteiger partial charge in [-0.3, -0.25) is 0 Å². The number of hydrogen-bond acceptors (Lipinski definition) is 2. The summed E-state index contributed by atoms with van der Waals surface area (Å²) in [5, 5.41) is 14.5. The number of aliphatic hydroxyl groups excluding tert-OH is 1. The number of carbonyl (C=O) groups is 1. The Morgan fingerprint density at radius 1 is 1.39 bits per heavy atom. The van der Waals surface area contributed by atoms with E-state index in [0.717, 1.165) is 5.56 Å². The van der Waals surface area contributed by atoms with Crippen LogP contribution in [0.5, 0.6) is 0 Å². The van der Waals surface area contributed by atoms with Crippen LogP contribution in [0.15, 0.2) is 30.3 Å². The lowest BCUT2D eigenvalue weighted by Crippen LogP contribution is -2.45. The molecule has 0 aliphatic carbocycles. The maximum absolute atomic E-state index is 11.5. The zero-order chi connectivity index (χ0) is 13.2. The van der Waals surface area contributed by atoms with Crippen molar-refractivity contribution in [3.63, 3.8) is 0 Å². The van der Waals surface area contributed by atoms with E-state index >= 15 is 0 Å². The first-order valence-electron chi connectivity index (χ1n) is 5.85.